The van der Waals surface area contributed by atoms with Crippen molar-refractivity contribution >= 4 is 11.8 Å². The first-order chi connectivity index (χ1) is 13.3. The summed E-state index contributed by atoms with van der Waals surface area (Å²) in [5, 5.41) is 10.1. The molecule has 2 heterocycles. The average Bonchev–Trinajstić information content (AvgIpc) is 3.33. The van der Waals surface area contributed by atoms with Crippen molar-refractivity contribution in [3.05, 3.63) is 42.5 Å². The first kappa shape index (κ1) is 18.1. The van der Waals surface area contributed by atoms with Gasteiger partial charge in [-0.15, -0.1) is 10.2 Å². The van der Waals surface area contributed by atoms with Gasteiger partial charge in [-0.25, -0.2) is 4.98 Å². The van der Waals surface area contributed by atoms with Crippen LogP contribution in [-0.2, 0) is 12.8 Å². The zero-order valence-corrected chi connectivity index (χ0v) is 16.7. The molecule has 7 heteroatoms. The Morgan fingerprint density at radius 2 is 1.89 bits per heavy atom. The summed E-state index contributed by atoms with van der Waals surface area (Å²) in [6.45, 7) is 0. The first-order valence-electron chi connectivity index (χ1n) is 9.44. The summed E-state index contributed by atoms with van der Waals surface area (Å²) in [6.07, 6.45) is 10.1. The van der Waals surface area contributed by atoms with Crippen LogP contribution in [0.3, 0.4) is 0 Å². The molecule has 2 aromatic heterocycles. The van der Waals surface area contributed by atoms with Crippen LogP contribution in [0.4, 0.5) is 0 Å². The zero-order chi connectivity index (χ0) is 18.6. The summed E-state index contributed by atoms with van der Waals surface area (Å²) in [5.41, 5.74) is 1.08. The molecule has 0 saturated heterocycles. The van der Waals surface area contributed by atoms with E-state index in [1.54, 1.807) is 18.9 Å². The van der Waals surface area contributed by atoms with Crippen molar-refractivity contribution in [2.75, 3.05) is 7.11 Å². The second-order valence-corrected chi connectivity index (χ2v) is 7.88. The van der Waals surface area contributed by atoms with Crippen LogP contribution in [-0.4, -0.2) is 31.4 Å². The van der Waals surface area contributed by atoms with Gasteiger partial charge < -0.3 is 9.30 Å². The Balaban J connectivity index is 1.65. The molecule has 0 unspecified atom stereocenters. The van der Waals surface area contributed by atoms with Gasteiger partial charge in [0, 0.05) is 31.0 Å². The largest absolute Gasteiger partial charge is 0.497 e. The van der Waals surface area contributed by atoms with Crippen molar-refractivity contribution in [2.45, 2.75) is 49.1 Å². The predicted molar refractivity (Wildman–Crippen MR) is 107 cm³/mol. The zero-order valence-electron chi connectivity index (χ0n) is 15.8. The van der Waals surface area contributed by atoms with Crippen LogP contribution in [0.1, 0.15) is 44.0 Å². The van der Waals surface area contributed by atoms with E-state index in [1.165, 1.54) is 32.1 Å². The highest BCUT2D eigenvalue weighted by atomic mass is 32.2. The van der Waals surface area contributed by atoms with Crippen LogP contribution in [0.5, 0.6) is 5.75 Å². The fourth-order valence-corrected chi connectivity index (χ4v) is 4.65. The van der Waals surface area contributed by atoms with Crippen LogP contribution in [0, 0.1) is 0 Å². The Kier molecular flexibility index (Phi) is 5.48. The van der Waals surface area contributed by atoms with Crippen molar-refractivity contribution in [3.63, 3.8) is 0 Å². The summed E-state index contributed by atoms with van der Waals surface area (Å²) < 4.78 is 9.70. The molecule has 1 aliphatic carbocycles. The standard InChI is InChI=1S/C20H25N5OS/c1-24-13-12-21-18(24)14-27-20-23-22-19(15-8-10-17(26-2)11-9-15)25(20)16-6-4-3-5-7-16/h8-13,16H,3-7,14H2,1-2H3. The lowest BCUT2D eigenvalue weighted by Crippen LogP contribution is -2.15. The molecule has 1 aliphatic rings. The lowest BCUT2D eigenvalue weighted by molar-refractivity contribution is 0.339. The van der Waals surface area contributed by atoms with E-state index in [1.807, 2.05) is 31.6 Å². The van der Waals surface area contributed by atoms with E-state index in [9.17, 15) is 0 Å². The molecule has 6 nitrogen and oxygen atoms in total. The van der Waals surface area contributed by atoms with E-state index >= 15 is 0 Å². The fourth-order valence-electron chi connectivity index (χ4n) is 3.65. The van der Waals surface area contributed by atoms with Gasteiger partial charge >= 0.3 is 0 Å². The molecular weight excluding hydrogens is 358 g/mol. The molecule has 0 N–H and O–H groups in total. The minimum Gasteiger partial charge on any atom is -0.497 e. The molecule has 0 aliphatic heterocycles. The quantitative estimate of drug-likeness (QED) is 0.587. The van der Waals surface area contributed by atoms with E-state index in [0.717, 1.165) is 33.9 Å². The Morgan fingerprint density at radius 1 is 1.11 bits per heavy atom. The van der Waals surface area contributed by atoms with Gasteiger partial charge in [-0.2, -0.15) is 0 Å². The minimum absolute atomic E-state index is 0.467. The fraction of sp³-hybridized carbons (Fsp3) is 0.450. The summed E-state index contributed by atoms with van der Waals surface area (Å²) in [5.74, 6) is 3.64. The number of imidazole rings is 1. The van der Waals surface area contributed by atoms with E-state index in [2.05, 4.69) is 36.4 Å². The number of nitrogens with zero attached hydrogens (tertiary/aromatic N) is 5. The molecule has 142 valence electrons. The summed E-state index contributed by atoms with van der Waals surface area (Å²) in [7, 11) is 3.71. The molecule has 1 aromatic carbocycles. The highest BCUT2D eigenvalue weighted by Crippen LogP contribution is 2.36. The molecule has 1 saturated carbocycles. The summed E-state index contributed by atoms with van der Waals surface area (Å²) >= 11 is 1.72. The number of aromatic nitrogens is 5. The maximum Gasteiger partial charge on any atom is 0.192 e. The van der Waals surface area contributed by atoms with Crippen molar-refractivity contribution < 1.29 is 4.74 Å². The number of ether oxygens (including phenoxy) is 1. The molecule has 1 fully saturated rings. The molecule has 0 bridgehead atoms. The number of aryl methyl sites for hydroxylation is 1. The summed E-state index contributed by atoms with van der Waals surface area (Å²) in [6, 6.07) is 8.56. The average molecular weight is 384 g/mol. The topological polar surface area (TPSA) is 57.8 Å². The van der Waals surface area contributed by atoms with Crippen molar-refractivity contribution in [1.29, 1.82) is 0 Å². The van der Waals surface area contributed by atoms with Gasteiger partial charge in [0.15, 0.2) is 11.0 Å². The SMILES string of the molecule is COc1ccc(-c2nnc(SCc3nccn3C)n2C2CCCCC2)cc1. The van der Waals surface area contributed by atoms with Gasteiger partial charge in [0.1, 0.15) is 11.6 Å². The molecule has 4 rings (SSSR count). The molecule has 0 radical (unpaired) electrons. The lowest BCUT2D eigenvalue weighted by Gasteiger charge is -2.25. The van der Waals surface area contributed by atoms with Crippen LogP contribution < -0.4 is 4.74 Å². The number of hydrogen-bond acceptors (Lipinski definition) is 5. The Bertz CT molecular complexity index is 880. The number of thioether (sulfide) groups is 1. The monoisotopic (exact) mass is 383 g/mol. The highest BCUT2D eigenvalue weighted by molar-refractivity contribution is 7.98. The number of benzene rings is 1. The van der Waals surface area contributed by atoms with E-state index in [4.69, 9.17) is 4.74 Å². The Hall–Kier alpha value is -2.28. The minimum atomic E-state index is 0.467. The van der Waals surface area contributed by atoms with Gasteiger partial charge in [-0.05, 0) is 37.1 Å². The lowest BCUT2D eigenvalue weighted by atomic mass is 9.95. The second-order valence-electron chi connectivity index (χ2n) is 6.94. The van der Waals surface area contributed by atoms with Crippen molar-refractivity contribution in [1.82, 2.24) is 24.3 Å². The third-order valence-electron chi connectivity index (χ3n) is 5.20. The smallest absolute Gasteiger partial charge is 0.192 e. The molecular formula is C20H25N5OS. The van der Waals surface area contributed by atoms with E-state index < -0.39 is 0 Å². The van der Waals surface area contributed by atoms with Crippen molar-refractivity contribution in [3.8, 4) is 17.1 Å². The normalized spacial score (nSPS) is 15.2. The third kappa shape index (κ3) is 3.88. The van der Waals surface area contributed by atoms with Gasteiger partial charge in [0.25, 0.3) is 0 Å². The number of methoxy groups -OCH3 is 1. The summed E-state index contributed by atoms with van der Waals surface area (Å²) in [4.78, 5) is 4.43. The van der Waals surface area contributed by atoms with Crippen LogP contribution in [0.15, 0.2) is 41.8 Å². The van der Waals surface area contributed by atoms with E-state index in [-0.39, 0.29) is 0 Å². The maximum atomic E-state index is 5.29. The van der Waals surface area contributed by atoms with Gasteiger partial charge in [-0.1, -0.05) is 31.0 Å². The molecule has 0 spiro atoms. The second kappa shape index (κ2) is 8.17. The number of hydrogen-bond donors (Lipinski definition) is 0. The van der Waals surface area contributed by atoms with Crippen LogP contribution in [0.25, 0.3) is 11.4 Å². The van der Waals surface area contributed by atoms with E-state index in [0.29, 0.717) is 6.04 Å². The van der Waals surface area contributed by atoms with Gasteiger partial charge in [0.05, 0.1) is 12.9 Å². The maximum absolute atomic E-state index is 5.29. The number of rotatable bonds is 6. The Morgan fingerprint density at radius 3 is 2.56 bits per heavy atom. The van der Waals surface area contributed by atoms with Gasteiger partial charge in [-0.3, -0.25) is 4.57 Å². The Labute approximate surface area is 164 Å². The highest BCUT2D eigenvalue weighted by Gasteiger charge is 2.24. The molecule has 3 aromatic rings. The van der Waals surface area contributed by atoms with Crippen LogP contribution >= 0.6 is 11.8 Å². The van der Waals surface area contributed by atoms with Gasteiger partial charge in [0.2, 0.25) is 0 Å². The predicted octanol–water partition coefficient (Wildman–Crippen LogP) is 4.48. The molecule has 0 amide bonds. The third-order valence-corrected chi connectivity index (χ3v) is 6.14. The first-order valence-corrected chi connectivity index (χ1v) is 10.4. The van der Waals surface area contributed by atoms with Crippen molar-refractivity contribution in [2.24, 2.45) is 7.05 Å². The molecule has 27 heavy (non-hydrogen) atoms. The van der Waals surface area contributed by atoms with Crippen LogP contribution in [0.2, 0.25) is 0 Å². The molecule has 0 atom stereocenters.